The van der Waals surface area contributed by atoms with Gasteiger partial charge in [-0.3, -0.25) is 9.59 Å². The van der Waals surface area contributed by atoms with Crippen LogP contribution in [0.2, 0.25) is 0 Å². The molecule has 1 atom stereocenters. The van der Waals surface area contributed by atoms with Crippen LogP contribution in [0.25, 0.3) is 0 Å². The van der Waals surface area contributed by atoms with Crippen molar-refractivity contribution in [1.82, 2.24) is 10.3 Å². The normalized spacial score (nSPS) is 13.9. The number of pyridine rings is 1. The zero-order chi connectivity index (χ0) is 21.8. The first-order chi connectivity index (χ1) is 15.0. The van der Waals surface area contributed by atoms with Gasteiger partial charge < -0.3 is 15.4 Å². The first kappa shape index (κ1) is 21.1. The molecule has 7 heteroatoms. The summed E-state index contributed by atoms with van der Waals surface area (Å²) < 4.78 is 6.61. The number of hydrogen-bond donors (Lipinski definition) is 2. The number of hydrogen-bond acceptors (Lipinski definition) is 4. The second-order valence-corrected chi connectivity index (χ2v) is 8.44. The Morgan fingerprint density at radius 2 is 1.87 bits per heavy atom. The SMILES string of the molecule is CC(NC(=O)c1ccc(Oc2cccc(Br)c2)nc1)c1ccc(NC(=O)C2CC2)cc1. The summed E-state index contributed by atoms with van der Waals surface area (Å²) >= 11 is 3.40. The van der Waals surface area contributed by atoms with Gasteiger partial charge >= 0.3 is 0 Å². The van der Waals surface area contributed by atoms with Crippen molar-refractivity contribution in [1.29, 1.82) is 0 Å². The van der Waals surface area contributed by atoms with Crippen molar-refractivity contribution < 1.29 is 14.3 Å². The Morgan fingerprint density at radius 1 is 1.10 bits per heavy atom. The van der Waals surface area contributed by atoms with Crippen LogP contribution < -0.4 is 15.4 Å². The number of nitrogens with one attached hydrogen (secondary N) is 2. The molecule has 4 rings (SSSR count). The maximum Gasteiger partial charge on any atom is 0.253 e. The summed E-state index contributed by atoms with van der Waals surface area (Å²) in [4.78, 5) is 28.7. The Morgan fingerprint density at radius 3 is 2.52 bits per heavy atom. The highest BCUT2D eigenvalue weighted by Crippen LogP contribution is 2.30. The molecule has 0 bridgehead atoms. The second kappa shape index (κ2) is 9.31. The first-order valence-electron chi connectivity index (χ1n) is 10.1. The van der Waals surface area contributed by atoms with Gasteiger partial charge in [-0.25, -0.2) is 4.98 Å². The molecule has 0 saturated heterocycles. The fraction of sp³-hybridized carbons (Fsp3) is 0.208. The smallest absolute Gasteiger partial charge is 0.253 e. The van der Waals surface area contributed by atoms with E-state index in [1.165, 1.54) is 6.20 Å². The predicted octanol–water partition coefficient (Wildman–Crippen LogP) is 5.48. The fourth-order valence-corrected chi connectivity index (χ4v) is 3.41. The third-order valence-corrected chi connectivity index (χ3v) is 5.48. The quantitative estimate of drug-likeness (QED) is 0.470. The Labute approximate surface area is 189 Å². The van der Waals surface area contributed by atoms with Crippen LogP contribution in [-0.2, 0) is 4.79 Å². The molecule has 1 aliphatic rings. The van der Waals surface area contributed by atoms with Crippen molar-refractivity contribution in [3.05, 3.63) is 82.5 Å². The molecule has 1 aromatic heterocycles. The lowest BCUT2D eigenvalue weighted by Gasteiger charge is -2.15. The van der Waals surface area contributed by atoms with Crippen molar-refractivity contribution in [2.75, 3.05) is 5.32 Å². The van der Waals surface area contributed by atoms with Gasteiger partial charge in [0, 0.05) is 28.3 Å². The number of anilines is 1. The van der Waals surface area contributed by atoms with Crippen molar-refractivity contribution in [2.45, 2.75) is 25.8 Å². The Hall–Kier alpha value is -3.19. The number of amides is 2. The van der Waals surface area contributed by atoms with E-state index in [1.54, 1.807) is 12.1 Å². The van der Waals surface area contributed by atoms with E-state index in [1.807, 2.05) is 55.5 Å². The van der Waals surface area contributed by atoms with Gasteiger partial charge in [-0.1, -0.05) is 34.1 Å². The topological polar surface area (TPSA) is 80.3 Å². The number of halogens is 1. The van der Waals surface area contributed by atoms with Crippen molar-refractivity contribution >= 4 is 33.4 Å². The van der Waals surface area contributed by atoms with E-state index in [4.69, 9.17) is 4.74 Å². The lowest BCUT2D eigenvalue weighted by molar-refractivity contribution is -0.117. The van der Waals surface area contributed by atoms with Gasteiger partial charge in [0.25, 0.3) is 5.91 Å². The van der Waals surface area contributed by atoms with Crippen LogP contribution in [0, 0.1) is 5.92 Å². The van der Waals surface area contributed by atoms with Gasteiger partial charge in [-0.2, -0.15) is 0 Å². The third-order valence-electron chi connectivity index (χ3n) is 4.99. The van der Waals surface area contributed by atoms with E-state index in [9.17, 15) is 9.59 Å². The van der Waals surface area contributed by atoms with Gasteiger partial charge in [0.15, 0.2) is 0 Å². The predicted molar refractivity (Wildman–Crippen MR) is 122 cm³/mol. The molecule has 31 heavy (non-hydrogen) atoms. The average molecular weight is 480 g/mol. The third kappa shape index (κ3) is 5.70. The molecule has 2 aromatic carbocycles. The monoisotopic (exact) mass is 479 g/mol. The molecule has 6 nitrogen and oxygen atoms in total. The van der Waals surface area contributed by atoms with Gasteiger partial charge in [0.1, 0.15) is 5.75 Å². The minimum absolute atomic E-state index is 0.0777. The molecule has 158 valence electrons. The number of carbonyl (C=O) groups excluding carboxylic acids is 2. The zero-order valence-electron chi connectivity index (χ0n) is 17.0. The van der Waals surface area contributed by atoms with Crippen molar-refractivity contribution in [3.8, 4) is 11.6 Å². The summed E-state index contributed by atoms with van der Waals surface area (Å²) in [5.41, 5.74) is 2.16. The van der Waals surface area contributed by atoms with Crippen LogP contribution >= 0.6 is 15.9 Å². The summed E-state index contributed by atoms with van der Waals surface area (Å²) in [6, 6.07) is 18.1. The molecule has 0 spiro atoms. The lowest BCUT2D eigenvalue weighted by Crippen LogP contribution is -2.26. The highest BCUT2D eigenvalue weighted by Gasteiger charge is 2.29. The van der Waals surface area contributed by atoms with Gasteiger partial charge in [0.05, 0.1) is 11.6 Å². The van der Waals surface area contributed by atoms with Crippen molar-refractivity contribution in [3.63, 3.8) is 0 Å². The molecule has 1 heterocycles. The highest BCUT2D eigenvalue weighted by molar-refractivity contribution is 9.10. The Balaban J connectivity index is 1.33. The molecular formula is C24H22BrN3O3. The molecule has 2 N–H and O–H groups in total. The number of rotatable bonds is 7. The molecule has 0 aliphatic heterocycles. The summed E-state index contributed by atoms with van der Waals surface area (Å²) in [5, 5.41) is 5.88. The molecule has 1 fully saturated rings. The van der Waals surface area contributed by atoms with Crippen LogP contribution in [0.4, 0.5) is 5.69 Å². The standard InChI is InChI=1S/C24H22BrN3O3/c1-15(16-7-10-20(11-8-16)28-23(29)17-5-6-17)27-24(30)18-9-12-22(26-14-18)31-21-4-2-3-19(25)13-21/h2-4,7-15,17H,5-6H2,1H3,(H,27,30)(H,28,29). The molecule has 1 aliphatic carbocycles. The van der Waals surface area contributed by atoms with Crippen LogP contribution in [0.15, 0.2) is 71.3 Å². The Kier molecular flexibility index (Phi) is 6.32. The minimum Gasteiger partial charge on any atom is -0.439 e. The number of aromatic nitrogens is 1. The number of ether oxygens (including phenoxy) is 1. The molecule has 0 radical (unpaired) electrons. The van der Waals surface area contributed by atoms with E-state index >= 15 is 0 Å². The van der Waals surface area contributed by atoms with Gasteiger partial charge in [-0.05, 0) is 61.7 Å². The summed E-state index contributed by atoms with van der Waals surface area (Å²) in [5.74, 6) is 1.09. The minimum atomic E-state index is -0.222. The summed E-state index contributed by atoms with van der Waals surface area (Å²) in [6.45, 7) is 1.91. The average Bonchev–Trinajstić information content (AvgIpc) is 3.60. The highest BCUT2D eigenvalue weighted by atomic mass is 79.9. The number of benzene rings is 2. The number of nitrogens with zero attached hydrogens (tertiary/aromatic N) is 1. The summed E-state index contributed by atoms with van der Waals surface area (Å²) in [6.07, 6.45) is 3.43. The molecule has 1 unspecified atom stereocenters. The fourth-order valence-electron chi connectivity index (χ4n) is 3.03. The largest absolute Gasteiger partial charge is 0.439 e. The maximum absolute atomic E-state index is 12.6. The molecule has 3 aromatic rings. The van der Waals surface area contributed by atoms with E-state index < -0.39 is 0 Å². The van der Waals surface area contributed by atoms with E-state index in [0.29, 0.717) is 17.2 Å². The second-order valence-electron chi connectivity index (χ2n) is 7.53. The molecule has 1 saturated carbocycles. The zero-order valence-corrected chi connectivity index (χ0v) is 18.6. The van der Waals surface area contributed by atoms with E-state index in [0.717, 1.165) is 28.6 Å². The maximum atomic E-state index is 12.6. The number of carbonyl (C=O) groups is 2. The molecular weight excluding hydrogens is 458 g/mol. The van der Waals surface area contributed by atoms with Crippen molar-refractivity contribution in [2.24, 2.45) is 5.92 Å². The van der Waals surface area contributed by atoms with Crippen LogP contribution in [-0.4, -0.2) is 16.8 Å². The van der Waals surface area contributed by atoms with Crippen LogP contribution in [0.5, 0.6) is 11.6 Å². The lowest BCUT2D eigenvalue weighted by atomic mass is 10.1. The first-order valence-corrected chi connectivity index (χ1v) is 10.9. The van der Waals surface area contributed by atoms with Crippen LogP contribution in [0.3, 0.4) is 0 Å². The summed E-state index contributed by atoms with van der Waals surface area (Å²) in [7, 11) is 0. The Bertz CT molecular complexity index is 1080. The van der Waals surface area contributed by atoms with E-state index in [-0.39, 0.29) is 23.8 Å². The van der Waals surface area contributed by atoms with Crippen LogP contribution in [0.1, 0.15) is 41.7 Å². The van der Waals surface area contributed by atoms with Gasteiger partial charge in [0.2, 0.25) is 11.8 Å². The van der Waals surface area contributed by atoms with Gasteiger partial charge in [-0.15, -0.1) is 0 Å². The van der Waals surface area contributed by atoms with E-state index in [2.05, 4.69) is 31.5 Å². The molecule has 2 amide bonds.